The Hall–Kier alpha value is -2.24. The van der Waals surface area contributed by atoms with E-state index in [2.05, 4.69) is 4.98 Å². The van der Waals surface area contributed by atoms with E-state index in [1.807, 2.05) is 42.5 Å². The average molecular weight is 338 g/mol. The first-order valence-electron chi connectivity index (χ1n) is 8.07. The van der Waals surface area contributed by atoms with Crippen LogP contribution in [0.25, 0.3) is 10.8 Å². The first-order valence-corrected chi connectivity index (χ1v) is 9.51. The molecule has 5 heteroatoms. The number of pyridine rings is 1. The molecule has 0 radical (unpaired) electrons. The van der Waals surface area contributed by atoms with Crippen LogP contribution in [0.3, 0.4) is 0 Å². The number of nitrogens with zero attached hydrogens (tertiary/aromatic N) is 2. The molecule has 1 atom stereocenters. The zero-order valence-electron chi connectivity index (χ0n) is 13.2. The Bertz CT molecular complexity index is 971. The predicted octanol–water partition coefficient (Wildman–Crippen LogP) is 3.76. The zero-order valence-corrected chi connectivity index (χ0v) is 14.0. The van der Waals surface area contributed by atoms with E-state index < -0.39 is 10.0 Å². The monoisotopic (exact) mass is 338 g/mol. The van der Waals surface area contributed by atoms with Crippen LogP contribution in [-0.2, 0) is 10.0 Å². The van der Waals surface area contributed by atoms with Crippen molar-refractivity contribution in [1.29, 1.82) is 0 Å². The van der Waals surface area contributed by atoms with Gasteiger partial charge >= 0.3 is 0 Å². The number of benzene rings is 2. The molecular weight excluding hydrogens is 320 g/mol. The van der Waals surface area contributed by atoms with Gasteiger partial charge in [0.1, 0.15) is 0 Å². The maximum atomic E-state index is 13.2. The van der Waals surface area contributed by atoms with Gasteiger partial charge < -0.3 is 0 Å². The van der Waals surface area contributed by atoms with Crippen molar-refractivity contribution < 1.29 is 8.42 Å². The van der Waals surface area contributed by atoms with Crippen LogP contribution >= 0.6 is 0 Å². The number of hydrogen-bond acceptors (Lipinski definition) is 3. The van der Waals surface area contributed by atoms with Gasteiger partial charge in [0.05, 0.1) is 10.9 Å². The van der Waals surface area contributed by atoms with E-state index in [4.69, 9.17) is 0 Å². The van der Waals surface area contributed by atoms with Gasteiger partial charge in [-0.3, -0.25) is 4.98 Å². The summed E-state index contributed by atoms with van der Waals surface area (Å²) in [4.78, 5) is 4.39. The van der Waals surface area contributed by atoms with Gasteiger partial charge in [0.15, 0.2) is 0 Å². The molecule has 1 aliphatic rings. The largest absolute Gasteiger partial charge is 0.265 e. The zero-order chi connectivity index (χ0) is 16.6. The molecule has 4 rings (SSSR count). The molecule has 1 aromatic heterocycles. The summed E-state index contributed by atoms with van der Waals surface area (Å²) in [5, 5.41) is 1.99. The first kappa shape index (κ1) is 15.3. The van der Waals surface area contributed by atoms with E-state index in [1.54, 1.807) is 28.8 Å². The smallest absolute Gasteiger partial charge is 0.243 e. The number of rotatable bonds is 3. The van der Waals surface area contributed by atoms with Gasteiger partial charge in [0.2, 0.25) is 10.0 Å². The summed E-state index contributed by atoms with van der Waals surface area (Å²) in [7, 11) is -3.51. The Morgan fingerprint density at radius 1 is 0.958 bits per heavy atom. The summed E-state index contributed by atoms with van der Waals surface area (Å²) >= 11 is 0. The summed E-state index contributed by atoms with van der Waals surface area (Å²) in [6.07, 6.45) is 5.15. The summed E-state index contributed by atoms with van der Waals surface area (Å²) in [5.74, 6) is 0. The van der Waals surface area contributed by atoms with Crippen LogP contribution in [0.1, 0.15) is 24.4 Å². The van der Waals surface area contributed by atoms with E-state index in [1.165, 1.54) is 0 Å². The van der Waals surface area contributed by atoms with Gasteiger partial charge in [-0.15, -0.1) is 0 Å². The third kappa shape index (κ3) is 2.60. The van der Waals surface area contributed by atoms with E-state index >= 15 is 0 Å². The van der Waals surface area contributed by atoms with Crippen molar-refractivity contribution in [2.75, 3.05) is 6.54 Å². The average Bonchev–Trinajstić information content (AvgIpc) is 3.13. The molecule has 0 saturated carbocycles. The highest BCUT2D eigenvalue weighted by Crippen LogP contribution is 2.36. The van der Waals surface area contributed by atoms with Gasteiger partial charge in [-0.1, -0.05) is 30.3 Å². The van der Waals surface area contributed by atoms with Gasteiger partial charge in [-0.2, -0.15) is 4.31 Å². The van der Waals surface area contributed by atoms with Crippen LogP contribution in [0.2, 0.25) is 0 Å². The summed E-state index contributed by atoms with van der Waals surface area (Å²) < 4.78 is 28.0. The Labute approximate surface area is 141 Å². The maximum Gasteiger partial charge on any atom is 0.243 e. The van der Waals surface area contributed by atoms with Crippen molar-refractivity contribution in [1.82, 2.24) is 9.29 Å². The third-order valence-corrected chi connectivity index (χ3v) is 6.53. The van der Waals surface area contributed by atoms with E-state index in [0.717, 1.165) is 29.2 Å². The lowest BCUT2D eigenvalue weighted by molar-refractivity contribution is 0.396. The number of hydrogen-bond donors (Lipinski definition) is 0. The first-order chi connectivity index (χ1) is 11.7. The Morgan fingerprint density at radius 3 is 2.50 bits per heavy atom. The van der Waals surface area contributed by atoms with Crippen LogP contribution in [0, 0.1) is 0 Å². The second-order valence-electron chi connectivity index (χ2n) is 6.06. The second kappa shape index (κ2) is 6.00. The van der Waals surface area contributed by atoms with Crippen LogP contribution in [-0.4, -0.2) is 24.3 Å². The van der Waals surface area contributed by atoms with E-state index in [0.29, 0.717) is 11.4 Å². The quantitative estimate of drug-likeness (QED) is 0.730. The predicted molar refractivity (Wildman–Crippen MR) is 94.1 cm³/mol. The fourth-order valence-electron chi connectivity index (χ4n) is 3.41. The van der Waals surface area contributed by atoms with Crippen molar-refractivity contribution in [3.63, 3.8) is 0 Å². The molecule has 1 fully saturated rings. The normalized spacial score (nSPS) is 18.9. The van der Waals surface area contributed by atoms with Gasteiger partial charge in [0, 0.05) is 18.9 Å². The Morgan fingerprint density at radius 2 is 1.71 bits per heavy atom. The van der Waals surface area contributed by atoms with Gasteiger partial charge in [0.25, 0.3) is 0 Å². The van der Waals surface area contributed by atoms with Crippen LogP contribution in [0.15, 0.2) is 71.9 Å². The molecule has 4 nitrogen and oxygen atoms in total. The SMILES string of the molecule is O=S(=O)(c1ccc2ccccc2c1)N1CCCC1c1ccncc1. The molecule has 2 aromatic carbocycles. The highest BCUT2D eigenvalue weighted by Gasteiger charge is 2.36. The lowest BCUT2D eigenvalue weighted by atomic mass is 10.1. The molecule has 0 N–H and O–H groups in total. The molecular formula is C19H18N2O2S. The molecule has 0 aliphatic carbocycles. The van der Waals surface area contributed by atoms with Gasteiger partial charge in [-0.05, 0) is 53.4 Å². The molecule has 3 aromatic rings. The molecule has 1 aliphatic heterocycles. The standard InChI is InChI=1S/C19H18N2O2S/c22-24(23,18-8-7-15-4-1-2-5-17(15)14-18)21-13-3-6-19(21)16-9-11-20-12-10-16/h1-2,4-5,7-12,14,19H,3,6,13H2. The summed E-state index contributed by atoms with van der Waals surface area (Å²) in [6.45, 7) is 0.558. The molecule has 0 bridgehead atoms. The molecule has 2 heterocycles. The lowest BCUT2D eigenvalue weighted by Gasteiger charge is -2.24. The molecule has 1 unspecified atom stereocenters. The van der Waals surface area contributed by atoms with Crippen molar-refractivity contribution in [2.24, 2.45) is 0 Å². The minimum Gasteiger partial charge on any atom is -0.265 e. The van der Waals surface area contributed by atoms with Crippen LogP contribution < -0.4 is 0 Å². The lowest BCUT2D eigenvalue weighted by Crippen LogP contribution is -2.30. The molecule has 0 spiro atoms. The fourth-order valence-corrected chi connectivity index (χ4v) is 5.13. The number of sulfonamides is 1. The van der Waals surface area contributed by atoms with Crippen molar-refractivity contribution in [3.8, 4) is 0 Å². The molecule has 1 saturated heterocycles. The van der Waals surface area contributed by atoms with E-state index in [-0.39, 0.29) is 6.04 Å². The highest BCUT2D eigenvalue weighted by molar-refractivity contribution is 7.89. The highest BCUT2D eigenvalue weighted by atomic mass is 32.2. The Kier molecular flexibility index (Phi) is 3.82. The molecule has 122 valence electrons. The Balaban J connectivity index is 1.75. The fraction of sp³-hybridized carbons (Fsp3) is 0.211. The molecule has 0 amide bonds. The number of fused-ring (bicyclic) bond motifs is 1. The topological polar surface area (TPSA) is 50.3 Å². The van der Waals surface area contributed by atoms with Crippen molar-refractivity contribution in [3.05, 3.63) is 72.6 Å². The van der Waals surface area contributed by atoms with Crippen molar-refractivity contribution in [2.45, 2.75) is 23.8 Å². The third-order valence-electron chi connectivity index (χ3n) is 4.62. The second-order valence-corrected chi connectivity index (χ2v) is 7.95. The minimum atomic E-state index is -3.51. The minimum absolute atomic E-state index is 0.107. The summed E-state index contributed by atoms with van der Waals surface area (Å²) in [6, 6.07) is 16.9. The van der Waals surface area contributed by atoms with Crippen LogP contribution in [0.4, 0.5) is 0 Å². The maximum absolute atomic E-state index is 13.2. The number of aromatic nitrogens is 1. The van der Waals surface area contributed by atoms with Crippen molar-refractivity contribution >= 4 is 20.8 Å². The summed E-state index contributed by atoms with van der Waals surface area (Å²) in [5.41, 5.74) is 1.01. The van der Waals surface area contributed by atoms with Crippen LogP contribution in [0.5, 0.6) is 0 Å². The van der Waals surface area contributed by atoms with E-state index in [9.17, 15) is 8.42 Å². The van der Waals surface area contributed by atoms with Gasteiger partial charge in [-0.25, -0.2) is 8.42 Å². The molecule has 24 heavy (non-hydrogen) atoms.